The van der Waals surface area contributed by atoms with Crippen molar-refractivity contribution in [2.24, 2.45) is 5.92 Å². The first-order valence-corrected chi connectivity index (χ1v) is 10.9. The van der Waals surface area contributed by atoms with Crippen LogP contribution >= 0.6 is 0 Å². The maximum Gasteiger partial charge on any atom is 0.329 e. The third kappa shape index (κ3) is 5.16. The summed E-state index contributed by atoms with van der Waals surface area (Å²) in [5, 5.41) is 8.74. The van der Waals surface area contributed by atoms with Crippen molar-refractivity contribution in [1.29, 1.82) is 0 Å². The number of benzene rings is 1. The lowest BCUT2D eigenvalue weighted by molar-refractivity contribution is -0.153. The molecular weight excluding hydrogens is 412 g/mol. The minimum absolute atomic E-state index is 0.0802. The van der Waals surface area contributed by atoms with Crippen LogP contribution in [-0.4, -0.2) is 75.0 Å². The molecule has 0 bridgehead atoms. The molecule has 0 radical (unpaired) electrons. The smallest absolute Gasteiger partial charge is 0.329 e. The van der Waals surface area contributed by atoms with Gasteiger partial charge in [-0.2, -0.15) is 0 Å². The number of fused-ring (bicyclic) bond motifs is 1. The van der Waals surface area contributed by atoms with Gasteiger partial charge in [-0.05, 0) is 30.7 Å². The highest BCUT2D eigenvalue weighted by Gasteiger charge is 2.38. The molecule has 4 rings (SSSR count). The van der Waals surface area contributed by atoms with E-state index in [0.29, 0.717) is 25.4 Å². The van der Waals surface area contributed by atoms with Crippen LogP contribution in [0.25, 0.3) is 0 Å². The van der Waals surface area contributed by atoms with Gasteiger partial charge in [0, 0.05) is 19.5 Å². The molecule has 9 heteroatoms. The number of likely N-dealkylation sites (tertiary alicyclic amines) is 1. The topological polar surface area (TPSA) is 116 Å². The van der Waals surface area contributed by atoms with E-state index in [1.807, 2.05) is 23.1 Å². The molecule has 32 heavy (non-hydrogen) atoms. The molecule has 1 aromatic carbocycles. The minimum Gasteiger partial charge on any atom is -0.480 e. The van der Waals surface area contributed by atoms with Crippen molar-refractivity contribution in [3.63, 3.8) is 0 Å². The number of piperidine rings is 1. The minimum atomic E-state index is -1.14. The number of carboxylic acids is 1. The van der Waals surface area contributed by atoms with Crippen LogP contribution in [0.3, 0.4) is 0 Å². The van der Waals surface area contributed by atoms with Crippen molar-refractivity contribution in [2.45, 2.75) is 38.3 Å². The highest BCUT2D eigenvalue weighted by Crippen LogP contribution is 2.26. The van der Waals surface area contributed by atoms with Crippen molar-refractivity contribution in [2.75, 3.05) is 26.3 Å². The largest absolute Gasteiger partial charge is 0.480 e. The van der Waals surface area contributed by atoms with Gasteiger partial charge in [-0.1, -0.05) is 30.3 Å². The van der Waals surface area contributed by atoms with Crippen LogP contribution in [0, 0.1) is 5.92 Å². The Bertz CT molecular complexity index is 952. The maximum atomic E-state index is 13.4. The van der Waals surface area contributed by atoms with Gasteiger partial charge in [0.2, 0.25) is 11.8 Å². The van der Waals surface area contributed by atoms with Crippen LogP contribution in [-0.2, 0) is 38.5 Å². The normalized spacial score (nSPS) is 18.9. The molecule has 2 N–H and O–H groups in total. The number of carbonyl (C=O) groups is 3. The Kier molecular flexibility index (Phi) is 6.84. The molecule has 1 saturated heterocycles. The number of aliphatic carboxylic acids is 1. The van der Waals surface area contributed by atoms with Crippen LogP contribution in [0.15, 0.2) is 36.7 Å². The van der Waals surface area contributed by atoms with Gasteiger partial charge >= 0.3 is 5.97 Å². The molecule has 0 aliphatic carbocycles. The van der Waals surface area contributed by atoms with Gasteiger partial charge < -0.3 is 24.6 Å². The molecule has 0 unspecified atom stereocenters. The quantitative estimate of drug-likeness (QED) is 0.669. The average molecular weight is 441 g/mol. The summed E-state index contributed by atoms with van der Waals surface area (Å²) in [5.74, 6) is -1.08. The van der Waals surface area contributed by atoms with E-state index in [1.54, 1.807) is 6.33 Å². The summed E-state index contributed by atoms with van der Waals surface area (Å²) in [6.45, 7) is 0.627. The average Bonchev–Trinajstić information content (AvgIpc) is 3.26. The van der Waals surface area contributed by atoms with Gasteiger partial charge in [-0.3, -0.25) is 9.59 Å². The fraction of sp³-hybridized carbons (Fsp3) is 0.478. The zero-order chi connectivity index (χ0) is 22.5. The van der Waals surface area contributed by atoms with Crippen molar-refractivity contribution < 1.29 is 24.2 Å². The van der Waals surface area contributed by atoms with Crippen LogP contribution in [0.1, 0.15) is 29.8 Å². The summed E-state index contributed by atoms with van der Waals surface area (Å²) in [7, 11) is 0. The molecule has 1 aromatic heterocycles. The summed E-state index contributed by atoms with van der Waals surface area (Å²) in [6.07, 6.45) is 4.77. The number of nitrogens with one attached hydrogen (secondary N) is 1. The Hall–Kier alpha value is -3.20. The second-order valence-corrected chi connectivity index (χ2v) is 8.41. The van der Waals surface area contributed by atoms with Crippen LogP contribution < -0.4 is 0 Å². The maximum absolute atomic E-state index is 13.4. The fourth-order valence-electron chi connectivity index (χ4n) is 4.54. The van der Waals surface area contributed by atoms with Crippen molar-refractivity contribution >= 4 is 17.8 Å². The molecule has 2 aliphatic heterocycles. The molecule has 0 saturated carbocycles. The predicted molar refractivity (Wildman–Crippen MR) is 115 cm³/mol. The number of imidazole rings is 1. The second kappa shape index (κ2) is 9.95. The first-order valence-electron chi connectivity index (χ1n) is 10.9. The van der Waals surface area contributed by atoms with Crippen LogP contribution in [0.2, 0.25) is 0 Å². The zero-order valence-corrected chi connectivity index (χ0v) is 17.9. The molecule has 0 spiro atoms. The lowest BCUT2D eigenvalue weighted by Gasteiger charge is -2.39. The summed E-state index contributed by atoms with van der Waals surface area (Å²) in [6, 6.07) is 9.73. The second-order valence-electron chi connectivity index (χ2n) is 8.41. The summed E-state index contributed by atoms with van der Waals surface area (Å²) < 4.78 is 4.98. The molecule has 1 fully saturated rings. The van der Waals surface area contributed by atoms with E-state index in [9.17, 15) is 14.4 Å². The number of aromatic amines is 1. The van der Waals surface area contributed by atoms with Gasteiger partial charge in [-0.25, -0.2) is 9.78 Å². The Morgan fingerprint density at radius 3 is 2.59 bits per heavy atom. The van der Waals surface area contributed by atoms with E-state index in [1.165, 1.54) is 10.5 Å². The highest BCUT2D eigenvalue weighted by atomic mass is 16.5. The SMILES string of the molecule is O=C(O)COCC(=O)N1Cc2[nH]cnc2C[C@H]1C(=O)N1CCC(Cc2ccccc2)CC1. The summed E-state index contributed by atoms with van der Waals surface area (Å²) >= 11 is 0. The van der Waals surface area contributed by atoms with Crippen molar-refractivity contribution in [3.05, 3.63) is 53.6 Å². The van der Waals surface area contributed by atoms with Gasteiger partial charge in [0.15, 0.2) is 0 Å². The number of amides is 2. The monoisotopic (exact) mass is 440 g/mol. The lowest BCUT2D eigenvalue weighted by Crippen LogP contribution is -2.55. The first-order chi connectivity index (χ1) is 15.5. The standard InChI is InChI=1S/C23H28N4O5/c28-21(13-32-14-22(29)30)27-12-19-18(24-15-25-19)11-20(27)23(31)26-8-6-17(7-9-26)10-16-4-2-1-3-5-16/h1-5,15,17,20H,6-14H2,(H,24,25)(H,29,30)/t20-/m0/s1. The molecule has 2 amide bonds. The number of nitrogens with zero attached hydrogens (tertiary/aromatic N) is 3. The van der Waals surface area contributed by atoms with E-state index >= 15 is 0 Å². The van der Waals surface area contributed by atoms with Gasteiger partial charge in [-0.15, -0.1) is 0 Å². The lowest BCUT2D eigenvalue weighted by atomic mass is 9.89. The van der Waals surface area contributed by atoms with Crippen LogP contribution in [0.4, 0.5) is 0 Å². The van der Waals surface area contributed by atoms with Crippen LogP contribution in [0.5, 0.6) is 0 Å². The predicted octanol–water partition coefficient (Wildman–Crippen LogP) is 1.25. The van der Waals surface area contributed by atoms with Crippen molar-refractivity contribution in [1.82, 2.24) is 19.8 Å². The third-order valence-corrected chi connectivity index (χ3v) is 6.25. The van der Waals surface area contributed by atoms with E-state index < -0.39 is 24.5 Å². The molecule has 3 heterocycles. The number of rotatable bonds is 7. The van der Waals surface area contributed by atoms with Gasteiger partial charge in [0.1, 0.15) is 19.3 Å². The number of hydrogen-bond donors (Lipinski definition) is 2. The van der Waals surface area contributed by atoms with E-state index in [4.69, 9.17) is 9.84 Å². The number of carbonyl (C=O) groups excluding carboxylic acids is 2. The van der Waals surface area contributed by atoms with Crippen molar-refractivity contribution in [3.8, 4) is 0 Å². The van der Waals surface area contributed by atoms with Gasteiger partial charge in [0.05, 0.1) is 24.3 Å². The molecular formula is C23H28N4O5. The van der Waals surface area contributed by atoms with E-state index in [-0.39, 0.29) is 19.1 Å². The number of hydrogen-bond acceptors (Lipinski definition) is 5. The van der Waals surface area contributed by atoms with E-state index in [2.05, 4.69) is 22.1 Å². The summed E-state index contributed by atoms with van der Waals surface area (Å²) in [4.78, 5) is 47.5. The third-order valence-electron chi connectivity index (χ3n) is 6.25. The number of aromatic nitrogens is 2. The summed E-state index contributed by atoms with van der Waals surface area (Å²) in [5.41, 5.74) is 2.90. The first kappa shape index (κ1) is 22.0. The highest BCUT2D eigenvalue weighted by molar-refractivity contribution is 5.89. The fourth-order valence-corrected chi connectivity index (χ4v) is 4.54. The Labute approximate surface area is 186 Å². The molecule has 1 atom stereocenters. The number of H-pyrrole nitrogens is 1. The van der Waals surface area contributed by atoms with Gasteiger partial charge in [0.25, 0.3) is 0 Å². The Morgan fingerprint density at radius 2 is 1.88 bits per heavy atom. The Morgan fingerprint density at radius 1 is 1.12 bits per heavy atom. The number of ether oxygens (including phenoxy) is 1. The molecule has 2 aromatic rings. The molecule has 9 nitrogen and oxygen atoms in total. The molecule has 170 valence electrons. The van der Waals surface area contributed by atoms with E-state index in [0.717, 1.165) is 30.7 Å². The number of carboxylic acid groups (broad SMARTS) is 1. The zero-order valence-electron chi connectivity index (χ0n) is 17.9. The molecule has 2 aliphatic rings. The Balaban J connectivity index is 1.39.